The minimum Gasteiger partial charge on any atom is -0.494 e. The summed E-state index contributed by atoms with van der Waals surface area (Å²) in [5.41, 5.74) is 2.36. The number of carbonyl (C=O) groups excluding carboxylic acids is 2. The van der Waals surface area contributed by atoms with E-state index in [1.165, 1.54) is 11.3 Å². The Labute approximate surface area is 138 Å². The monoisotopic (exact) mass is 330 g/mol. The highest BCUT2D eigenvalue weighted by Crippen LogP contribution is 2.34. The summed E-state index contributed by atoms with van der Waals surface area (Å²) in [4.78, 5) is 26.6. The van der Waals surface area contributed by atoms with Crippen molar-refractivity contribution in [3.8, 4) is 5.75 Å². The van der Waals surface area contributed by atoms with Gasteiger partial charge in [0.1, 0.15) is 5.75 Å². The number of amides is 2. The van der Waals surface area contributed by atoms with Crippen molar-refractivity contribution in [1.82, 2.24) is 0 Å². The molecule has 0 unspecified atom stereocenters. The fourth-order valence-electron chi connectivity index (χ4n) is 2.67. The maximum absolute atomic E-state index is 12.3. The normalized spacial score (nSPS) is 14.2. The van der Waals surface area contributed by atoms with Crippen LogP contribution in [0.1, 0.15) is 28.1 Å². The van der Waals surface area contributed by atoms with Crippen molar-refractivity contribution in [1.29, 1.82) is 0 Å². The topological polar surface area (TPSA) is 58.6 Å². The number of methoxy groups -OCH3 is 1. The third kappa shape index (κ3) is 3.07. The summed E-state index contributed by atoms with van der Waals surface area (Å²) in [5.74, 6) is 0.555. The molecule has 3 rings (SSSR count). The van der Waals surface area contributed by atoms with E-state index in [4.69, 9.17) is 4.74 Å². The van der Waals surface area contributed by atoms with Gasteiger partial charge in [0.15, 0.2) is 0 Å². The number of benzene rings is 1. The Morgan fingerprint density at radius 3 is 2.78 bits per heavy atom. The second kappa shape index (κ2) is 6.42. The van der Waals surface area contributed by atoms with Crippen LogP contribution >= 0.6 is 11.3 Å². The van der Waals surface area contributed by atoms with Crippen molar-refractivity contribution in [2.75, 3.05) is 23.9 Å². The minimum absolute atomic E-state index is 0.106. The first-order chi connectivity index (χ1) is 11.1. The first-order valence-corrected chi connectivity index (χ1v) is 8.32. The highest BCUT2D eigenvalue weighted by atomic mass is 32.1. The van der Waals surface area contributed by atoms with Gasteiger partial charge in [-0.25, -0.2) is 0 Å². The Hall–Kier alpha value is -2.34. The second-order valence-corrected chi connectivity index (χ2v) is 6.34. The number of anilines is 2. The molecule has 0 radical (unpaired) electrons. The average Bonchev–Trinajstić information content (AvgIpc) is 3.15. The Kier molecular flexibility index (Phi) is 4.34. The summed E-state index contributed by atoms with van der Waals surface area (Å²) >= 11 is 1.41. The highest BCUT2D eigenvalue weighted by Gasteiger charge is 2.24. The highest BCUT2D eigenvalue weighted by molar-refractivity contribution is 7.12. The van der Waals surface area contributed by atoms with Crippen LogP contribution in [0.3, 0.4) is 0 Å². The number of hydrogen-bond donors (Lipinski definition) is 1. The molecule has 2 aromatic rings. The lowest BCUT2D eigenvalue weighted by Gasteiger charge is -2.19. The number of hydrogen-bond acceptors (Lipinski definition) is 4. The van der Waals surface area contributed by atoms with Crippen molar-refractivity contribution in [3.05, 3.63) is 40.1 Å². The van der Waals surface area contributed by atoms with E-state index in [0.29, 0.717) is 29.3 Å². The zero-order valence-corrected chi connectivity index (χ0v) is 13.9. The molecule has 0 spiro atoms. The van der Waals surface area contributed by atoms with Crippen molar-refractivity contribution in [2.24, 2.45) is 0 Å². The molecule has 0 atom stereocenters. The number of nitrogens with zero attached hydrogens (tertiary/aromatic N) is 1. The van der Waals surface area contributed by atoms with E-state index in [1.54, 1.807) is 24.1 Å². The van der Waals surface area contributed by atoms with Gasteiger partial charge in [-0.05, 0) is 42.5 Å². The lowest BCUT2D eigenvalue weighted by Crippen LogP contribution is -2.24. The SMILES string of the molecule is COc1cc(NC(=O)c2sccc2C)ccc1N1CCCC1=O. The molecule has 1 aliphatic rings. The molecule has 2 heterocycles. The molecule has 2 amide bonds. The van der Waals surface area contributed by atoms with Gasteiger partial charge in [0.2, 0.25) is 5.91 Å². The zero-order valence-electron chi connectivity index (χ0n) is 13.1. The molecule has 120 valence electrons. The molecular formula is C17H18N2O3S. The largest absolute Gasteiger partial charge is 0.494 e. The molecule has 1 aromatic heterocycles. The summed E-state index contributed by atoms with van der Waals surface area (Å²) in [5, 5.41) is 4.77. The third-order valence-electron chi connectivity index (χ3n) is 3.87. The smallest absolute Gasteiger partial charge is 0.265 e. The predicted molar refractivity (Wildman–Crippen MR) is 91.6 cm³/mol. The molecule has 1 aliphatic heterocycles. The Bertz CT molecular complexity index is 754. The molecule has 1 fully saturated rings. The molecule has 6 heteroatoms. The van der Waals surface area contributed by atoms with Crippen LogP contribution in [0.4, 0.5) is 11.4 Å². The predicted octanol–water partition coefficient (Wildman–Crippen LogP) is 3.44. The van der Waals surface area contributed by atoms with E-state index in [0.717, 1.165) is 17.7 Å². The van der Waals surface area contributed by atoms with Crippen LogP contribution in [0.5, 0.6) is 5.75 Å². The van der Waals surface area contributed by atoms with Crippen LogP contribution < -0.4 is 15.0 Å². The van der Waals surface area contributed by atoms with Gasteiger partial charge in [-0.3, -0.25) is 9.59 Å². The van der Waals surface area contributed by atoms with Gasteiger partial charge in [-0.2, -0.15) is 0 Å². The summed E-state index contributed by atoms with van der Waals surface area (Å²) < 4.78 is 5.40. The van der Waals surface area contributed by atoms with E-state index in [-0.39, 0.29) is 11.8 Å². The zero-order chi connectivity index (χ0) is 16.4. The second-order valence-electron chi connectivity index (χ2n) is 5.42. The summed E-state index contributed by atoms with van der Waals surface area (Å²) in [7, 11) is 1.56. The quantitative estimate of drug-likeness (QED) is 0.934. The van der Waals surface area contributed by atoms with Crippen LogP contribution in [0.15, 0.2) is 29.6 Å². The van der Waals surface area contributed by atoms with Crippen molar-refractivity contribution >= 4 is 34.5 Å². The van der Waals surface area contributed by atoms with Gasteiger partial charge in [-0.15, -0.1) is 11.3 Å². The lowest BCUT2D eigenvalue weighted by molar-refractivity contribution is -0.117. The van der Waals surface area contributed by atoms with Crippen molar-refractivity contribution < 1.29 is 14.3 Å². The van der Waals surface area contributed by atoms with Crippen LogP contribution in [0.25, 0.3) is 0 Å². The molecule has 1 aromatic carbocycles. The van der Waals surface area contributed by atoms with E-state index in [2.05, 4.69) is 5.32 Å². The molecule has 1 saturated heterocycles. The van der Waals surface area contributed by atoms with E-state index in [9.17, 15) is 9.59 Å². The first kappa shape index (κ1) is 15.6. The van der Waals surface area contributed by atoms with Crippen LogP contribution in [-0.2, 0) is 4.79 Å². The molecule has 0 aliphatic carbocycles. The molecule has 5 nitrogen and oxygen atoms in total. The number of thiophene rings is 1. The van der Waals surface area contributed by atoms with E-state index < -0.39 is 0 Å². The van der Waals surface area contributed by atoms with Crippen molar-refractivity contribution in [3.63, 3.8) is 0 Å². The van der Waals surface area contributed by atoms with Crippen molar-refractivity contribution in [2.45, 2.75) is 19.8 Å². The van der Waals surface area contributed by atoms with Crippen LogP contribution in [0.2, 0.25) is 0 Å². The Morgan fingerprint density at radius 1 is 1.35 bits per heavy atom. The van der Waals surface area contributed by atoms with Gasteiger partial charge in [-0.1, -0.05) is 0 Å². The lowest BCUT2D eigenvalue weighted by atomic mass is 10.2. The molecule has 1 N–H and O–H groups in total. The average molecular weight is 330 g/mol. The Morgan fingerprint density at radius 2 is 2.17 bits per heavy atom. The van der Waals surface area contributed by atoms with Gasteiger partial charge in [0.05, 0.1) is 17.7 Å². The number of nitrogens with one attached hydrogen (secondary N) is 1. The summed E-state index contributed by atoms with van der Waals surface area (Å²) in [6.07, 6.45) is 1.43. The number of rotatable bonds is 4. The molecule has 0 saturated carbocycles. The van der Waals surface area contributed by atoms with Gasteiger partial charge < -0.3 is 15.0 Å². The molecule has 23 heavy (non-hydrogen) atoms. The van der Waals surface area contributed by atoms with Crippen LogP contribution in [-0.4, -0.2) is 25.5 Å². The fraction of sp³-hybridized carbons (Fsp3) is 0.294. The molecule has 0 bridgehead atoms. The summed E-state index contributed by atoms with van der Waals surface area (Å²) in [6.45, 7) is 2.61. The Balaban J connectivity index is 1.83. The summed E-state index contributed by atoms with van der Waals surface area (Å²) in [6, 6.07) is 7.28. The number of ether oxygens (including phenoxy) is 1. The maximum Gasteiger partial charge on any atom is 0.265 e. The maximum atomic E-state index is 12.3. The standard InChI is InChI=1S/C17H18N2O3S/c1-11-7-9-23-16(11)17(21)18-12-5-6-13(14(10-12)22-2)19-8-3-4-15(19)20/h5-7,9-10H,3-4,8H2,1-2H3,(H,18,21). The van der Waals surface area contributed by atoms with Gasteiger partial charge >= 0.3 is 0 Å². The van der Waals surface area contributed by atoms with Crippen LogP contribution in [0, 0.1) is 6.92 Å². The minimum atomic E-state index is -0.135. The first-order valence-electron chi connectivity index (χ1n) is 7.44. The fourth-order valence-corrected chi connectivity index (χ4v) is 3.49. The number of carbonyl (C=O) groups is 2. The number of aryl methyl sites for hydroxylation is 1. The molecular weight excluding hydrogens is 312 g/mol. The third-order valence-corrected chi connectivity index (χ3v) is 4.89. The van der Waals surface area contributed by atoms with Gasteiger partial charge in [0.25, 0.3) is 5.91 Å². The van der Waals surface area contributed by atoms with E-state index >= 15 is 0 Å². The van der Waals surface area contributed by atoms with E-state index in [1.807, 2.05) is 24.4 Å². The van der Waals surface area contributed by atoms with Gasteiger partial charge in [0, 0.05) is 24.7 Å².